The van der Waals surface area contributed by atoms with Crippen molar-refractivity contribution in [2.45, 2.75) is 26.8 Å². The number of ether oxygens (including phenoxy) is 1. The summed E-state index contributed by atoms with van der Waals surface area (Å²) in [4.78, 5) is 13.6. The number of phenols is 1. The quantitative estimate of drug-likeness (QED) is 0.749. The van der Waals surface area contributed by atoms with Crippen LogP contribution in [0.2, 0.25) is 0 Å². The fourth-order valence-corrected chi connectivity index (χ4v) is 2.41. The first-order valence-electron chi connectivity index (χ1n) is 7.07. The van der Waals surface area contributed by atoms with Gasteiger partial charge >= 0.3 is 0 Å². The van der Waals surface area contributed by atoms with E-state index in [4.69, 9.17) is 4.74 Å². The van der Waals surface area contributed by atoms with E-state index in [0.29, 0.717) is 36.5 Å². The second-order valence-electron chi connectivity index (χ2n) is 4.88. The van der Waals surface area contributed by atoms with Crippen LogP contribution < -0.4 is 10.1 Å². The molecule has 0 saturated carbocycles. The Kier molecular flexibility index (Phi) is 7.53. The average Bonchev–Trinajstić information content (AvgIpc) is 2.42. The van der Waals surface area contributed by atoms with Crippen molar-refractivity contribution >= 4 is 21.8 Å². The van der Waals surface area contributed by atoms with Gasteiger partial charge in [0.15, 0.2) is 11.5 Å². The Balaban J connectivity index is 2.67. The van der Waals surface area contributed by atoms with Crippen molar-refractivity contribution in [3.05, 3.63) is 22.2 Å². The number of carbonyl (C=O) groups is 1. The summed E-state index contributed by atoms with van der Waals surface area (Å²) >= 11 is 3.31. The topological polar surface area (TPSA) is 61.8 Å². The molecule has 0 radical (unpaired) electrons. The summed E-state index contributed by atoms with van der Waals surface area (Å²) in [5.41, 5.74) is 0.967. The molecule has 0 fully saturated rings. The molecule has 1 amide bonds. The fraction of sp³-hybridized carbons (Fsp3) is 0.533. The Morgan fingerprint density at radius 1 is 1.43 bits per heavy atom. The molecule has 0 atom stereocenters. The van der Waals surface area contributed by atoms with Gasteiger partial charge in [0.1, 0.15) is 0 Å². The van der Waals surface area contributed by atoms with E-state index >= 15 is 0 Å². The maximum Gasteiger partial charge on any atom is 0.234 e. The summed E-state index contributed by atoms with van der Waals surface area (Å²) in [6.07, 6.45) is 0.929. The van der Waals surface area contributed by atoms with Gasteiger partial charge in [0.25, 0.3) is 0 Å². The number of likely N-dealkylation sites (N-methyl/N-ethyl adjacent to an activating group) is 1. The lowest BCUT2D eigenvalue weighted by atomic mass is 10.2. The number of nitrogens with zero attached hydrogens (tertiary/aromatic N) is 1. The fourth-order valence-electron chi connectivity index (χ4n) is 1.92. The molecule has 1 aromatic carbocycles. The molecule has 0 aliphatic carbocycles. The minimum atomic E-state index is 0.0159. The van der Waals surface area contributed by atoms with Gasteiger partial charge < -0.3 is 15.2 Å². The van der Waals surface area contributed by atoms with Crippen molar-refractivity contribution in [3.8, 4) is 11.5 Å². The van der Waals surface area contributed by atoms with Gasteiger partial charge in [-0.15, -0.1) is 0 Å². The van der Waals surface area contributed by atoms with Crippen molar-refractivity contribution < 1.29 is 14.6 Å². The van der Waals surface area contributed by atoms with Crippen LogP contribution in [0, 0.1) is 0 Å². The van der Waals surface area contributed by atoms with Crippen molar-refractivity contribution in [3.63, 3.8) is 0 Å². The third kappa shape index (κ3) is 5.93. The first-order chi connectivity index (χ1) is 9.97. The molecule has 1 rings (SSSR count). The summed E-state index contributed by atoms with van der Waals surface area (Å²) in [6, 6.07) is 3.63. The van der Waals surface area contributed by atoms with Crippen molar-refractivity contribution in [1.29, 1.82) is 0 Å². The zero-order valence-corrected chi connectivity index (χ0v) is 14.4. The molecule has 0 aromatic heterocycles. The first-order valence-corrected chi connectivity index (χ1v) is 7.86. The number of aromatic hydroxyl groups is 1. The van der Waals surface area contributed by atoms with Crippen molar-refractivity contribution in [1.82, 2.24) is 10.2 Å². The third-order valence-corrected chi connectivity index (χ3v) is 3.43. The molecule has 0 bridgehead atoms. The molecule has 0 unspecified atom stereocenters. The molecule has 0 heterocycles. The maximum absolute atomic E-state index is 11.7. The minimum absolute atomic E-state index is 0.0159. The molecule has 5 nitrogen and oxygen atoms in total. The van der Waals surface area contributed by atoms with Gasteiger partial charge in [-0.1, -0.05) is 6.92 Å². The van der Waals surface area contributed by atoms with Crippen LogP contribution in [0.3, 0.4) is 0 Å². The molecule has 0 saturated heterocycles. The number of benzene rings is 1. The summed E-state index contributed by atoms with van der Waals surface area (Å²) in [6.45, 7) is 6.00. The Morgan fingerprint density at radius 3 is 2.76 bits per heavy atom. The predicted octanol–water partition coefficient (Wildman–Crippen LogP) is 2.51. The average molecular weight is 359 g/mol. The Bertz CT molecular complexity index is 480. The summed E-state index contributed by atoms with van der Waals surface area (Å²) in [5.74, 6) is 0.567. The number of hydrogen-bond donors (Lipinski definition) is 2. The molecular formula is C15H23BrN2O3. The SMILES string of the molecule is CCCNC(=O)CN(C)Cc1cc(Br)c(O)c(OCC)c1. The van der Waals surface area contributed by atoms with Crippen LogP contribution in [0.5, 0.6) is 11.5 Å². The predicted molar refractivity (Wildman–Crippen MR) is 86.6 cm³/mol. The normalized spacial score (nSPS) is 10.7. The number of carbonyl (C=O) groups excluding carboxylic acids is 1. The van der Waals surface area contributed by atoms with Crippen LogP contribution in [-0.4, -0.2) is 42.7 Å². The number of phenolic OH excluding ortho intramolecular Hbond substituents is 1. The highest BCUT2D eigenvalue weighted by molar-refractivity contribution is 9.10. The summed E-state index contributed by atoms with van der Waals surface area (Å²) in [5, 5.41) is 12.7. The van der Waals surface area contributed by atoms with Gasteiger partial charge in [0.2, 0.25) is 5.91 Å². The van der Waals surface area contributed by atoms with Crippen molar-refractivity contribution in [2.75, 3.05) is 26.7 Å². The van der Waals surface area contributed by atoms with Crippen LogP contribution in [0.25, 0.3) is 0 Å². The van der Waals surface area contributed by atoms with Crippen LogP contribution in [0.15, 0.2) is 16.6 Å². The first kappa shape index (κ1) is 17.8. The van der Waals surface area contributed by atoms with Crippen LogP contribution in [0.1, 0.15) is 25.8 Å². The molecule has 0 spiro atoms. The third-order valence-electron chi connectivity index (χ3n) is 2.83. The highest BCUT2D eigenvalue weighted by Crippen LogP contribution is 2.35. The standard InChI is InChI=1S/C15H23BrN2O3/c1-4-6-17-14(19)10-18(3)9-11-7-12(16)15(20)13(8-11)21-5-2/h7-8,20H,4-6,9-10H2,1-3H3,(H,17,19). The van der Waals surface area contributed by atoms with Gasteiger partial charge in [-0.3, -0.25) is 9.69 Å². The van der Waals surface area contributed by atoms with Crippen LogP contribution in [0.4, 0.5) is 0 Å². The van der Waals surface area contributed by atoms with E-state index in [-0.39, 0.29) is 11.7 Å². The van der Waals surface area contributed by atoms with E-state index in [2.05, 4.69) is 21.2 Å². The number of amides is 1. The van der Waals surface area contributed by atoms with Gasteiger partial charge in [-0.05, 0) is 54.0 Å². The maximum atomic E-state index is 11.7. The van der Waals surface area contributed by atoms with E-state index in [0.717, 1.165) is 12.0 Å². The number of nitrogens with one attached hydrogen (secondary N) is 1. The van der Waals surface area contributed by atoms with Gasteiger partial charge in [-0.25, -0.2) is 0 Å². The summed E-state index contributed by atoms with van der Waals surface area (Å²) < 4.78 is 5.99. The van der Waals surface area contributed by atoms with Gasteiger partial charge in [0, 0.05) is 13.1 Å². The number of halogens is 1. The lowest BCUT2D eigenvalue weighted by Gasteiger charge is -2.17. The summed E-state index contributed by atoms with van der Waals surface area (Å²) in [7, 11) is 1.88. The van der Waals surface area contributed by atoms with Crippen LogP contribution in [-0.2, 0) is 11.3 Å². The van der Waals surface area contributed by atoms with E-state index in [1.165, 1.54) is 0 Å². The molecule has 6 heteroatoms. The second-order valence-corrected chi connectivity index (χ2v) is 5.73. The highest BCUT2D eigenvalue weighted by Gasteiger charge is 2.12. The van der Waals surface area contributed by atoms with E-state index in [1.54, 1.807) is 6.07 Å². The zero-order chi connectivity index (χ0) is 15.8. The molecule has 2 N–H and O–H groups in total. The Morgan fingerprint density at radius 2 is 2.14 bits per heavy atom. The molecule has 0 aliphatic heterocycles. The molecule has 1 aromatic rings. The largest absolute Gasteiger partial charge is 0.503 e. The number of hydrogen-bond acceptors (Lipinski definition) is 4. The van der Waals surface area contributed by atoms with Gasteiger partial charge in [0.05, 0.1) is 17.6 Å². The minimum Gasteiger partial charge on any atom is -0.503 e. The monoisotopic (exact) mass is 358 g/mol. The smallest absolute Gasteiger partial charge is 0.234 e. The molecule has 21 heavy (non-hydrogen) atoms. The zero-order valence-electron chi connectivity index (χ0n) is 12.8. The van der Waals surface area contributed by atoms with Gasteiger partial charge in [-0.2, -0.15) is 0 Å². The second kappa shape index (κ2) is 8.89. The van der Waals surface area contributed by atoms with Crippen molar-refractivity contribution in [2.24, 2.45) is 0 Å². The van der Waals surface area contributed by atoms with E-state index in [9.17, 15) is 9.90 Å². The highest BCUT2D eigenvalue weighted by atomic mass is 79.9. The van der Waals surface area contributed by atoms with Crippen LogP contribution >= 0.6 is 15.9 Å². The number of rotatable bonds is 8. The molecular weight excluding hydrogens is 336 g/mol. The lowest BCUT2D eigenvalue weighted by Crippen LogP contribution is -2.35. The Labute approximate surface area is 134 Å². The van der Waals surface area contributed by atoms with E-state index < -0.39 is 0 Å². The Hall–Kier alpha value is -1.27. The van der Waals surface area contributed by atoms with E-state index in [1.807, 2.05) is 31.9 Å². The lowest BCUT2D eigenvalue weighted by molar-refractivity contribution is -0.122. The molecule has 118 valence electrons. The molecule has 0 aliphatic rings.